The number of hydrogen-bond donors (Lipinski definition) is 3. The molecule has 0 aromatic rings. The van der Waals surface area contributed by atoms with Crippen molar-refractivity contribution < 1.29 is 19.1 Å². The van der Waals surface area contributed by atoms with Crippen LogP contribution in [0.5, 0.6) is 0 Å². The summed E-state index contributed by atoms with van der Waals surface area (Å²) in [6.45, 7) is 8.22. The largest absolute Gasteiger partial charge is 0.444 e. The zero-order valence-electron chi connectivity index (χ0n) is 15.3. The molecule has 0 unspecified atom stereocenters. The average Bonchev–Trinajstić information content (AvgIpc) is 2.45. The van der Waals surface area contributed by atoms with Crippen molar-refractivity contribution in [3.63, 3.8) is 0 Å². The number of likely N-dealkylation sites (tertiary alicyclic amines) is 1. The zero-order chi connectivity index (χ0) is 18.3. The Kier molecular flexibility index (Phi) is 7.47. The first-order valence-electron chi connectivity index (χ1n) is 8.37. The van der Waals surface area contributed by atoms with Gasteiger partial charge in [0.05, 0.1) is 6.54 Å². The maximum absolute atomic E-state index is 11.9. The predicted molar refractivity (Wildman–Crippen MR) is 90.6 cm³/mol. The summed E-state index contributed by atoms with van der Waals surface area (Å²) >= 11 is 0. The summed E-state index contributed by atoms with van der Waals surface area (Å²) in [5.74, 6) is -0.356. The Morgan fingerprint density at radius 3 is 2.50 bits per heavy atom. The van der Waals surface area contributed by atoms with Gasteiger partial charge in [-0.3, -0.25) is 15.0 Å². The lowest BCUT2D eigenvalue weighted by atomic mass is 9.96. The highest BCUT2D eigenvalue weighted by atomic mass is 16.6. The van der Waals surface area contributed by atoms with E-state index in [2.05, 4.69) is 16.0 Å². The van der Waals surface area contributed by atoms with Crippen molar-refractivity contribution in [3.8, 4) is 0 Å². The van der Waals surface area contributed by atoms with E-state index in [0.29, 0.717) is 0 Å². The Balaban J connectivity index is 2.60. The van der Waals surface area contributed by atoms with Gasteiger partial charge in [0, 0.05) is 19.1 Å². The second kappa shape index (κ2) is 8.86. The number of carbonyl (C=O) groups excluding carboxylic acids is 3. The van der Waals surface area contributed by atoms with Crippen molar-refractivity contribution in [2.45, 2.75) is 64.6 Å². The van der Waals surface area contributed by atoms with Crippen molar-refractivity contribution in [3.05, 3.63) is 0 Å². The second-order valence-electron chi connectivity index (χ2n) is 7.10. The highest BCUT2D eigenvalue weighted by molar-refractivity contribution is 5.95. The first kappa shape index (κ1) is 20.2. The van der Waals surface area contributed by atoms with Crippen LogP contribution >= 0.6 is 0 Å². The molecule has 8 heteroatoms. The number of nitrogens with one attached hydrogen (secondary N) is 3. The van der Waals surface area contributed by atoms with Gasteiger partial charge in [0.1, 0.15) is 5.60 Å². The van der Waals surface area contributed by atoms with E-state index in [0.717, 1.165) is 25.8 Å². The lowest BCUT2D eigenvalue weighted by Crippen LogP contribution is -2.55. The first-order valence-corrected chi connectivity index (χ1v) is 8.37. The molecule has 1 aliphatic rings. The van der Waals surface area contributed by atoms with E-state index >= 15 is 0 Å². The standard InChI is InChI=1S/C16H30N4O4/c1-11(18-15(23)24-16(2,3)4)12-8-6-7-9-20(12)10-13(21)19-14(22)17-5/h11-12H,6-10H2,1-5H3,(H,18,23)(H2,17,19,21,22)/t11-,12+/m1/s1. The highest BCUT2D eigenvalue weighted by Crippen LogP contribution is 2.20. The van der Waals surface area contributed by atoms with E-state index in [9.17, 15) is 14.4 Å². The Hall–Kier alpha value is -1.83. The summed E-state index contributed by atoms with van der Waals surface area (Å²) in [5.41, 5.74) is -0.552. The van der Waals surface area contributed by atoms with Crippen LogP contribution in [0.3, 0.4) is 0 Å². The van der Waals surface area contributed by atoms with Crippen LogP contribution < -0.4 is 16.0 Å². The Morgan fingerprint density at radius 1 is 1.25 bits per heavy atom. The predicted octanol–water partition coefficient (Wildman–Crippen LogP) is 1.21. The minimum Gasteiger partial charge on any atom is -0.444 e. The van der Waals surface area contributed by atoms with Crippen molar-refractivity contribution in [2.24, 2.45) is 0 Å². The number of alkyl carbamates (subject to hydrolysis) is 1. The van der Waals surface area contributed by atoms with Gasteiger partial charge < -0.3 is 15.4 Å². The molecule has 1 rings (SSSR count). The van der Waals surface area contributed by atoms with E-state index in [-0.39, 0.29) is 24.5 Å². The van der Waals surface area contributed by atoms with Gasteiger partial charge >= 0.3 is 12.1 Å². The van der Waals surface area contributed by atoms with E-state index in [1.165, 1.54) is 7.05 Å². The van der Waals surface area contributed by atoms with Gasteiger partial charge in [0.2, 0.25) is 5.91 Å². The maximum Gasteiger partial charge on any atom is 0.407 e. The van der Waals surface area contributed by atoms with Crippen molar-refractivity contribution >= 4 is 18.0 Å². The summed E-state index contributed by atoms with van der Waals surface area (Å²) in [6, 6.07) is -0.650. The van der Waals surface area contributed by atoms with Crippen LogP contribution in [0.1, 0.15) is 47.0 Å². The van der Waals surface area contributed by atoms with Crippen LogP contribution in [0.4, 0.5) is 9.59 Å². The molecule has 0 saturated carbocycles. The molecular formula is C16H30N4O4. The Morgan fingerprint density at radius 2 is 1.92 bits per heavy atom. The molecule has 1 heterocycles. The molecule has 0 aromatic carbocycles. The molecule has 1 aliphatic heterocycles. The fourth-order valence-electron chi connectivity index (χ4n) is 2.78. The minimum atomic E-state index is -0.552. The Bertz CT molecular complexity index is 461. The van der Waals surface area contributed by atoms with Crippen LogP contribution in [-0.4, -0.2) is 60.8 Å². The third-order valence-corrected chi connectivity index (χ3v) is 3.81. The number of hydrogen-bond acceptors (Lipinski definition) is 5. The van der Waals surface area contributed by atoms with Gasteiger partial charge in [-0.05, 0) is 47.1 Å². The van der Waals surface area contributed by atoms with E-state index in [1.807, 2.05) is 32.6 Å². The SMILES string of the molecule is CNC(=O)NC(=O)CN1CCCC[C@H]1[C@@H](C)NC(=O)OC(C)(C)C. The quantitative estimate of drug-likeness (QED) is 0.713. The molecule has 0 aromatic heterocycles. The second-order valence-corrected chi connectivity index (χ2v) is 7.10. The van der Waals surface area contributed by atoms with Gasteiger partial charge in [0.25, 0.3) is 0 Å². The Labute approximate surface area is 143 Å². The van der Waals surface area contributed by atoms with Gasteiger partial charge in [-0.25, -0.2) is 9.59 Å². The highest BCUT2D eigenvalue weighted by Gasteiger charge is 2.30. The van der Waals surface area contributed by atoms with Crippen LogP contribution in [-0.2, 0) is 9.53 Å². The number of urea groups is 1. The molecule has 4 amide bonds. The smallest absolute Gasteiger partial charge is 0.407 e. The molecule has 2 atom stereocenters. The monoisotopic (exact) mass is 342 g/mol. The molecule has 24 heavy (non-hydrogen) atoms. The summed E-state index contributed by atoms with van der Waals surface area (Å²) in [4.78, 5) is 37.1. The van der Waals surface area contributed by atoms with E-state index in [1.54, 1.807) is 0 Å². The summed E-state index contributed by atoms with van der Waals surface area (Å²) in [5, 5.41) is 7.46. The van der Waals surface area contributed by atoms with Gasteiger partial charge in [-0.1, -0.05) is 6.42 Å². The number of nitrogens with zero attached hydrogens (tertiary/aromatic N) is 1. The van der Waals surface area contributed by atoms with Crippen molar-refractivity contribution in [1.82, 2.24) is 20.9 Å². The van der Waals surface area contributed by atoms with Gasteiger partial charge in [0.15, 0.2) is 0 Å². The number of rotatable bonds is 4. The van der Waals surface area contributed by atoms with Crippen LogP contribution in [0.2, 0.25) is 0 Å². The molecule has 0 bridgehead atoms. The number of imide groups is 1. The van der Waals surface area contributed by atoms with E-state index in [4.69, 9.17) is 4.74 Å². The number of ether oxygens (including phenoxy) is 1. The molecule has 3 N–H and O–H groups in total. The molecule has 0 radical (unpaired) electrons. The van der Waals surface area contributed by atoms with Crippen LogP contribution in [0.25, 0.3) is 0 Å². The number of amides is 4. The fraction of sp³-hybridized carbons (Fsp3) is 0.812. The molecule has 138 valence electrons. The number of carbonyl (C=O) groups is 3. The zero-order valence-corrected chi connectivity index (χ0v) is 15.3. The molecule has 1 fully saturated rings. The minimum absolute atomic E-state index is 0.0294. The number of piperidine rings is 1. The van der Waals surface area contributed by atoms with E-state index < -0.39 is 17.7 Å². The summed E-state index contributed by atoms with van der Waals surface area (Å²) in [7, 11) is 1.46. The third-order valence-electron chi connectivity index (χ3n) is 3.81. The summed E-state index contributed by atoms with van der Waals surface area (Å²) < 4.78 is 5.28. The normalized spacial score (nSPS) is 20.0. The molecule has 8 nitrogen and oxygen atoms in total. The van der Waals surface area contributed by atoms with Crippen molar-refractivity contribution in [2.75, 3.05) is 20.1 Å². The summed E-state index contributed by atoms with van der Waals surface area (Å²) in [6.07, 6.45) is 2.45. The average molecular weight is 342 g/mol. The third kappa shape index (κ3) is 7.16. The van der Waals surface area contributed by atoms with Crippen LogP contribution in [0.15, 0.2) is 0 Å². The topological polar surface area (TPSA) is 99.8 Å². The molecular weight excluding hydrogens is 312 g/mol. The molecule has 0 aliphatic carbocycles. The fourth-order valence-corrected chi connectivity index (χ4v) is 2.78. The first-order chi connectivity index (χ1) is 11.1. The van der Waals surface area contributed by atoms with Crippen LogP contribution in [0, 0.1) is 0 Å². The lowest BCUT2D eigenvalue weighted by Gasteiger charge is -2.39. The van der Waals surface area contributed by atoms with Gasteiger partial charge in [-0.15, -0.1) is 0 Å². The lowest BCUT2D eigenvalue weighted by molar-refractivity contribution is -0.122. The maximum atomic E-state index is 11.9. The van der Waals surface area contributed by atoms with Gasteiger partial charge in [-0.2, -0.15) is 0 Å². The molecule has 0 spiro atoms. The molecule has 1 saturated heterocycles. The van der Waals surface area contributed by atoms with Crippen molar-refractivity contribution in [1.29, 1.82) is 0 Å².